The van der Waals surface area contributed by atoms with Gasteiger partial charge in [-0.05, 0) is 0 Å². The van der Waals surface area contributed by atoms with Crippen LogP contribution in [0.4, 0.5) is 0 Å². The standard InChI is InChI=1S/C22H20GeO/c1-2-12-22(24)23(19-13-6-3-7-14-19,20-15-8-4-9-16-20)21-17-10-5-11-18-21/h2-18H,1H3/b12-2+. The summed E-state index contributed by atoms with van der Waals surface area (Å²) < 4.78 is 3.75. The predicted molar refractivity (Wildman–Crippen MR) is 104 cm³/mol. The number of hydrogen-bond donors (Lipinski definition) is 0. The van der Waals surface area contributed by atoms with Crippen molar-refractivity contribution in [1.82, 2.24) is 0 Å². The first-order valence-electron chi connectivity index (χ1n) is 8.14. The average Bonchev–Trinajstić information content (AvgIpc) is 2.65. The molecule has 0 aliphatic rings. The first kappa shape index (κ1) is 16.5. The van der Waals surface area contributed by atoms with E-state index in [9.17, 15) is 4.79 Å². The molecule has 0 amide bonds. The van der Waals surface area contributed by atoms with Crippen LogP contribution in [0.25, 0.3) is 0 Å². The molecule has 0 unspecified atom stereocenters. The molecule has 0 saturated heterocycles. The van der Waals surface area contributed by atoms with E-state index in [1.54, 1.807) is 6.08 Å². The van der Waals surface area contributed by atoms with E-state index in [1.165, 1.54) is 0 Å². The molecule has 24 heavy (non-hydrogen) atoms. The zero-order chi connectivity index (χ0) is 16.8. The van der Waals surface area contributed by atoms with Gasteiger partial charge in [0.05, 0.1) is 0 Å². The summed E-state index contributed by atoms with van der Waals surface area (Å²) >= 11 is -3.45. The van der Waals surface area contributed by atoms with Crippen LogP contribution in [0, 0.1) is 0 Å². The van der Waals surface area contributed by atoms with Gasteiger partial charge in [0.25, 0.3) is 0 Å². The fourth-order valence-electron chi connectivity index (χ4n) is 3.27. The second kappa shape index (κ2) is 7.45. The third kappa shape index (κ3) is 2.88. The molecule has 0 bridgehead atoms. The topological polar surface area (TPSA) is 17.1 Å². The average molecular weight is 373 g/mol. The molecular weight excluding hydrogens is 353 g/mol. The number of carbonyl (C=O) groups is 1. The Hall–Kier alpha value is -2.39. The summed E-state index contributed by atoms with van der Waals surface area (Å²) in [5.41, 5.74) is 0. The van der Waals surface area contributed by atoms with Crippen molar-refractivity contribution in [2.75, 3.05) is 0 Å². The minimum absolute atomic E-state index is 0.251. The summed E-state index contributed by atoms with van der Waals surface area (Å²) in [7, 11) is 0. The van der Waals surface area contributed by atoms with Crippen molar-refractivity contribution in [3.8, 4) is 0 Å². The summed E-state index contributed by atoms with van der Waals surface area (Å²) in [5, 5.41) is 0. The summed E-state index contributed by atoms with van der Waals surface area (Å²) in [6, 6.07) is 30.9. The van der Waals surface area contributed by atoms with Crippen LogP contribution in [0.3, 0.4) is 0 Å². The van der Waals surface area contributed by atoms with Crippen LogP contribution in [-0.2, 0) is 4.79 Å². The Kier molecular flexibility index (Phi) is 5.12. The summed E-state index contributed by atoms with van der Waals surface area (Å²) in [4.78, 5) is 13.5. The fraction of sp³-hybridized carbons (Fsp3) is 0.0455. The third-order valence-corrected chi connectivity index (χ3v) is 13.8. The first-order valence-corrected chi connectivity index (χ1v) is 12.3. The number of carbonyl (C=O) groups excluding carboxylic acids is 1. The van der Waals surface area contributed by atoms with Crippen molar-refractivity contribution in [1.29, 1.82) is 0 Å². The normalized spacial score (nSPS) is 11.5. The van der Waals surface area contributed by atoms with Crippen molar-refractivity contribution in [3.05, 3.63) is 103 Å². The van der Waals surface area contributed by atoms with Gasteiger partial charge >= 0.3 is 146 Å². The van der Waals surface area contributed by atoms with Gasteiger partial charge in [0, 0.05) is 0 Å². The molecule has 0 saturated carbocycles. The number of allylic oxidation sites excluding steroid dienone is 2. The fourth-order valence-corrected chi connectivity index (χ4v) is 12.4. The minimum atomic E-state index is -3.45. The Morgan fingerprint density at radius 2 is 1.00 bits per heavy atom. The molecule has 0 N–H and O–H groups in total. The van der Waals surface area contributed by atoms with Gasteiger partial charge in [-0.3, -0.25) is 0 Å². The number of rotatable bonds is 5. The van der Waals surface area contributed by atoms with E-state index in [0.717, 1.165) is 13.2 Å². The molecule has 1 nitrogen and oxygen atoms in total. The molecule has 118 valence electrons. The zero-order valence-electron chi connectivity index (χ0n) is 13.7. The van der Waals surface area contributed by atoms with Gasteiger partial charge < -0.3 is 0 Å². The molecule has 0 radical (unpaired) electrons. The van der Waals surface area contributed by atoms with Crippen LogP contribution in [0.5, 0.6) is 0 Å². The van der Waals surface area contributed by atoms with Crippen LogP contribution in [0.1, 0.15) is 6.92 Å². The van der Waals surface area contributed by atoms with Crippen molar-refractivity contribution >= 4 is 31.1 Å². The summed E-state index contributed by atoms with van der Waals surface area (Å²) in [6.45, 7) is 1.91. The Labute approximate surface area is 146 Å². The van der Waals surface area contributed by atoms with Crippen LogP contribution in [0.15, 0.2) is 103 Å². The van der Waals surface area contributed by atoms with E-state index in [2.05, 4.69) is 36.4 Å². The van der Waals surface area contributed by atoms with Gasteiger partial charge in [0.2, 0.25) is 0 Å². The molecule has 3 aromatic rings. The van der Waals surface area contributed by atoms with E-state index in [-0.39, 0.29) is 4.62 Å². The quantitative estimate of drug-likeness (QED) is 0.497. The Bertz CT molecular complexity index is 727. The van der Waals surface area contributed by atoms with Gasteiger partial charge in [0.1, 0.15) is 0 Å². The maximum atomic E-state index is 13.5. The SMILES string of the molecule is C/C=C/[C](=O)[Ge]([c]1ccccc1)([c]1ccccc1)[c]1ccccc1. The van der Waals surface area contributed by atoms with Gasteiger partial charge in [0.15, 0.2) is 0 Å². The molecule has 0 atom stereocenters. The van der Waals surface area contributed by atoms with Gasteiger partial charge in [-0.2, -0.15) is 0 Å². The third-order valence-electron chi connectivity index (χ3n) is 4.31. The molecule has 0 aromatic heterocycles. The zero-order valence-corrected chi connectivity index (χ0v) is 15.8. The van der Waals surface area contributed by atoms with Gasteiger partial charge in [-0.25, -0.2) is 0 Å². The number of hydrogen-bond acceptors (Lipinski definition) is 1. The molecule has 3 rings (SSSR count). The van der Waals surface area contributed by atoms with Crippen molar-refractivity contribution in [3.63, 3.8) is 0 Å². The van der Waals surface area contributed by atoms with Crippen LogP contribution in [0.2, 0.25) is 0 Å². The molecular formula is C22H20GeO. The Morgan fingerprint density at radius 3 is 1.29 bits per heavy atom. The molecule has 0 spiro atoms. The van der Waals surface area contributed by atoms with Crippen LogP contribution >= 0.6 is 0 Å². The van der Waals surface area contributed by atoms with Crippen LogP contribution < -0.4 is 13.2 Å². The second-order valence-corrected chi connectivity index (χ2v) is 13.5. The predicted octanol–water partition coefficient (Wildman–Crippen LogP) is 2.84. The van der Waals surface area contributed by atoms with E-state index in [0.29, 0.717) is 0 Å². The summed E-state index contributed by atoms with van der Waals surface area (Å²) in [5.74, 6) is 0. The van der Waals surface area contributed by atoms with Crippen molar-refractivity contribution in [2.24, 2.45) is 0 Å². The Morgan fingerprint density at radius 1 is 0.667 bits per heavy atom. The monoisotopic (exact) mass is 374 g/mol. The summed E-state index contributed by atoms with van der Waals surface area (Å²) in [6.07, 6.45) is 3.62. The molecule has 0 fully saturated rings. The first-order chi connectivity index (χ1) is 11.8. The van der Waals surface area contributed by atoms with E-state index >= 15 is 0 Å². The second-order valence-electron chi connectivity index (χ2n) is 5.71. The molecule has 3 aromatic carbocycles. The van der Waals surface area contributed by atoms with Crippen molar-refractivity contribution < 1.29 is 4.79 Å². The van der Waals surface area contributed by atoms with Crippen molar-refractivity contribution in [2.45, 2.75) is 6.92 Å². The molecule has 0 aliphatic carbocycles. The van der Waals surface area contributed by atoms with Crippen LogP contribution in [-0.4, -0.2) is 17.9 Å². The molecule has 0 aliphatic heterocycles. The molecule has 2 heteroatoms. The molecule has 0 heterocycles. The van der Waals surface area contributed by atoms with E-state index in [1.807, 2.05) is 67.6 Å². The maximum absolute atomic E-state index is 13.5. The van der Waals surface area contributed by atoms with E-state index < -0.39 is 13.3 Å². The van der Waals surface area contributed by atoms with Gasteiger partial charge in [-0.1, -0.05) is 0 Å². The van der Waals surface area contributed by atoms with E-state index in [4.69, 9.17) is 0 Å². The number of benzene rings is 3. The van der Waals surface area contributed by atoms with Gasteiger partial charge in [-0.15, -0.1) is 0 Å². The Balaban J connectivity index is 2.39.